The summed E-state index contributed by atoms with van der Waals surface area (Å²) in [4.78, 5) is 11.8. The third-order valence-electron chi connectivity index (χ3n) is 5.33. The second-order valence-corrected chi connectivity index (χ2v) is 10.8. The lowest BCUT2D eigenvalue weighted by atomic mass is 10.2. The van der Waals surface area contributed by atoms with Gasteiger partial charge in [0.05, 0.1) is 0 Å². The average Bonchev–Trinajstić information content (AvgIpc) is 2.80. The Balaban J connectivity index is 0.00000272. The summed E-state index contributed by atoms with van der Waals surface area (Å²) >= 11 is 0. The second kappa shape index (κ2) is 10.5. The molecule has 1 N–H and O–H groups in total. The first-order chi connectivity index (χ1) is 14.7. The number of benzene rings is 4. The Morgan fingerprint density at radius 3 is 1.45 bits per heavy atom. The Bertz CT molecular complexity index is 1020. The number of amides is 1. The number of nitrogens with one attached hydrogen (secondary N) is 1. The maximum Gasteiger partial charge on any atom is 0.221 e. The fourth-order valence-electron chi connectivity index (χ4n) is 3.99. The summed E-state index contributed by atoms with van der Waals surface area (Å²) in [7, 11) is -2.00. The van der Waals surface area contributed by atoms with Crippen LogP contribution in [0.15, 0.2) is 115 Å². The molecule has 0 bridgehead atoms. The van der Waals surface area contributed by atoms with Crippen LogP contribution in [0.2, 0.25) is 0 Å². The Labute approximate surface area is 195 Å². The van der Waals surface area contributed by atoms with Crippen LogP contribution >= 0.6 is 7.26 Å². The Morgan fingerprint density at radius 2 is 1.03 bits per heavy atom. The van der Waals surface area contributed by atoms with Crippen molar-refractivity contribution in [2.75, 3.05) is 5.32 Å². The van der Waals surface area contributed by atoms with Crippen molar-refractivity contribution in [3.8, 4) is 0 Å². The predicted octanol–water partition coefficient (Wildman–Crippen LogP) is 2.14. The number of anilines is 1. The van der Waals surface area contributed by atoms with Crippen LogP contribution < -0.4 is 38.2 Å². The first-order valence-corrected chi connectivity index (χ1v) is 12.1. The summed E-state index contributed by atoms with van der Waals surface area (Å²) in [5.41, 5.74) is 2.04. The lowest BCUT2D eigenvalue weighted by Gasteiger charge is -2.28. The molecule has 0 saturated carbocycles. The molecule has 0 aliphatic rings. The van der Waals surface area contributed by atoms with Gasteiger partial charge in [0.15, 0.2) is 0 Å². The number of carbonyl (C=O) groups is 1. The summed E-state index contributed by atoms with van der Waals surface area (Å²) < 4.78 is 0. The van der Waals surface area contributed by atoms with E-state index >= 15 is 0 Å². The van der Waals surface area contributed by atoms with Crippen LogP contribution in [0.3, 0.4) is 0 Å². The van der Waals surface area contributed by atoms with Crippen molar-refractivity contribution in [2.24, 2.45) is 0 Å². The fraction of sp³-hybridized carbons (Fsp3) is 0.0741. The minimum Gasteiger partial charge on any atom is -1.00 e. The van der Waals surface area contributed by atoms with Crippen molar-refractivity contribution >= 4 is 34.8 Å². The van der Waals surface area contributed by atoms with Crippen LogP contribution in [0.4, 0.5) is 5.69 Å². The van der Waals surface area contributed by atoms with Crippen LogP contribution in [-0.4, -0.2) is 5.91 Å². The largest absolute Gasteiger partial charge is 1.00 e. The van der Waals surface area contributed by atoms with Gasteiger partial charge in [0.1, 0.15) is 29.3 Å². The maximum atomic E-state index is 11.8. The van der Waals surface area contributed by atoms with Gasteiger partial charge in [0.2, 0.25) is 5.91 Å². The molecular weight excluding hydrogens is 465 g/mol. The number of carbonyl (C=O) groups excluding carboxylic acids is 1. The topological polar surface area (TPSA) is 29.1 Å². The van der Waals surface area contributed by atoms with E-state index in [1.807, 2.05) is 12.1 Å². The standard InChI is InChI=1S/C27H24NOP.BrH/c1-22(29)28-27-20-12-11-13-23(27)21-30(24-14-5-2-6-15-24,25-16-7-3-8-17-25)26-18-9-4-10-19-26;/h2-20H,21H2,1H3;1H. The summed E-state index contributed by atoms with van der Waals surface area (Å²) in [5.74, 6) is -0.0504. The van der Waals surface area contributed by atoms with Gasteiger partial charge in [-0.15, -0.1) is 0 Å². The normalized spacial score (nSPS) is 10.7. The number of rotatable bonds is 6. The van der Waals surface area contributed by atoms with Crippen LogP contribution in [0, 0.1) is 0 Å². The molecule has 0 radical (unpaired) electrons. The molecule has 0 saturated heterocycles. The molecule has 0 aromatic heterocycles. The van der Waals surface area contributed by atoms with Gasteiger partial charge in [-0.25, -0.2) is 0 Å². The van der Waals surface area contributed by atoms with E-state index in [-0.39, 0.29) is 22.9 Å². The highest BCUT2D eigenvalue weighted by Gasteiger charge is 2.45. The van der Waals surface area contributed by atoms with E-state index in [0.717, 1.165) is 17.4 Å². The molecule has 4 aromatic carbocycles. The van der Waals surface area contributed by atoms with Crippen LogP contribution in [0.1, 0.15) is 12.5 Å². The minimum atomic E-state index is -2.00. The van der Waals surface area contributed by atoms with Gasteiger partial charge in [-0.05, 0) is 42.5 Å². The Kier molecular flexibility index (Phi) is 7.79. The number of hydrogen-bond donors (Lipinski definition) is 1. The van der Waals surface area contributed by atoms with E-state index in [1.165, 1.54) is 15.9 Å². The van der Waals surface area contributed by atoms with E-state index in [1.54, 1.807) is 6.92 Å². The van der Waals surface area contributed by atoms with E-state index < -0.39 is 7.26 Å². The van der Waals surface area contributed by atoms with Gasteiger partial charge < -0.3 is 22.3 Å². The van der Waals surface area contributed by atoms with E-state index in [4.69, 9.17) is 0 Å². The SMILES string of the molecule is CC(=O)Nc1ccccc1C[P+](c1ccccc1)(c1ccccc1)c1ccccc1.[Br-]. The molecule has 1 amide bonds. The van der Waals surface area contributed by atoms with Gasteiger partial charge in [-0.3, -0.25) is 4.79 Å². The van der Waals surface area contributed by atoms with Crippen molar-refractivity contribution in [1.82, 2.24) is 0 Å². The minimum absolute atomic E-state index is 0. The zero-order chi connectivity index (χ0) is 20.8. The molecule has 4 rings (SSSR count). The predicted molar refractivity (Wildman–Crippen MR) is 130 cm³/mol. The van der Waals surface area contributed by atoms with E-state index in [9.17, 15) is 4.79 Å². The van der Waals surface area contributed by atoms with Crippen LogP contribution in [0.5, 0.6) is 0 Å². The highest BCUT2D eigenvalue weighted by molar-refractivity contribution is 7.95. The lowest BCUT2D eigenvalue weighted by molar-refractivity contribution is -0.114. The Morgan fingerprint density at radius 1 is 0.645 bits per heavy atom. The average molecular weight is 490 g/mol. The van der Waals surface area contributed by atoms with E-state index in [0.29, 0.717) is 0 Å². The smallest absolute Gasteiger partial charge is 0.221 e. The van der Waals surface area contributed by atoms with Gasteiger partial charge >= 0.3 is 0 Å². The summed E-state index contributed by atoms with van der Waals surface area (Å²) in [6.45, 7) is 1.56. The molecule has 0 aliphatic carbocycles. The van der Waals surface area contributed by atoms with Gasteiger partial charge in [0, 0.05) is 18.2 Å². The molecule has 0 unspecified atom stereocenters. The molecule has 4 aromatic rings. The van der Waals surface area contributed by atoms with E-state index in [2.05, 4.69) is 108 Å². The van der Waals surface area contributed by atoms with Crippen molar-refractivity contribution in [1.29, 1.82) is 0 Å². The first-order valence-electron chi connectivity index (χ1n) is 10.1. The van der Waals surface area contributed by atoms with Gasteiger partial charge in [-0.2, -0.15) is 0 Å². The quantitative estimate of drug-likeness (QED) is 0.413. The molecule has 0 atom stereocenters. The zero-order valence-corrected chi connectivity index (χ0v) is 19.9. The number of para-hydroxylation sites is 1. The summed E-state index contributed by atoms with van der Waals surface area (Å²) in [6.07, 6.45) is 0.835. The van der Waals surface area contributed by atoms with Crippen molar-refractivity contribution in [3.63, 3.8) is 0 Å². The monoisotopic (exact) mass is 489 g/mol. The third-order valence-corrected chi connectivity index (χ3v) is 9.68. The lowest BCUT2D eigenvalue weighted by Crippen LogP contribution is -3.00. The Hall–Kier alpha value is -2.74. The molecule has 2 nitrogen and oxygen atoms in total. The molecule has 156 valence electrons. The molecule has 0 spiro atoms. The molecule has 0 heterocycles. The van der Waals surface area contributed by atoms with Crippen molar-refractivity contribution < 1.29 is 21.8 Å². The number of hydrogen-bond acceptors (Lipinski definition) is 1. The highest BCUT2D eigenvalue weighted by Crippen LogP contribution is 2.58. The van der Waals surface area contributed by atoms with Crippen LogP contribution in [0.25, 0.3) is 0 Å². The molecule has 0 aliphatic heterocycles. The maximum absolute atomic E-state index is 11.8. The van der Waals surface area contributed by atoms with Gasteiger partial charge in [0.25, 0.3) is 0 Å². The molecule has 0 fully saturated rings. The molecular formula is C27H25BrNOP. The fourth-order valence-corrected chi connectivity index (χ4v) is 8.27. The second-order valence-electron chi connectivity index (χ2n) is 7.31. The first kappa shape index (κ1) is 22.9. The van der Waals surface area contributed by atoms with Gasteiger partial charge in [-0.1, -0.05) is 72.8 Å². The highest BCUT2D eigenvalue weighted by atomic mass is 79.9. The van der Waals surface area contributed by atoms with Crippen molar-refractivity contribution in [3.05, 3.63) is 121 Å². The summed E-state index contributed by atoms with van der Waals surface area (Å²) in [5, 5.41) is 7.03. The molecule has 31 heavy (non-hydrogen) atoms. The number of halogens is 1. The van der Waals surface area contributed by atoms with Crippen LogP contribution in [-0.2, 0) is 11.0 Å². The van der Waals surface area contributed by atoms with Crippen molar-refractivity contribution in [2.45, 2.75) is 13.1 Å². The zero-order valence-electron chi connectivity index (χ0n) is 17.4. The summed E-state index contributed by atoms with van der Waals surface area (Å²) in [6, 6.07) is 40.6. The molecule has 4 heteroatoms. The third kappa shape index (κ3) is 4.95.